The molecule has 2 aromatic rings. The monoisotopic (exact) mass is 263 g/mol. The van der Waals surface area contributed by atoms with E-state index in [0.29, 0.717) is 0 Å². The average Bonchev–Trinajstić information content (AvgIpc) is 2.77. The third-order valence-electron chi connectivity index (χ3n) is 3.03. The summed E-state index contributed by atoms with van der Waals surface area (Å²) in [7, 11) is 0. The Morgan fingerprint density at radius 1 is 1.44 bits per heavy atom. The first-order valence-corrected chi connectivity index (χ1v) is 6.53. The van der Waals surface area contributed by atoms with Crippen molar-refractivity contribution in [2.24, 2.45) is 5.73 Å². The van der Waals surface area contributed by atoms with Gasteiger partial charge in [-0.05, 0) is 36.6 Å². The van der Waals surface area contributed by atoms with Gasteiger partial charge in [0.25, 0.3) is 0 Å². The molecule has 0 aliphatic carbocycles. The van der Waals surface area contributed by atoms with Crippen LogP contribution in [-0.4, -0.2) is 9.78 Å². The molecule has 0 radical (unpaired) electrons. The standard InChI is InChI=1S/C14H18ClN3/c1-3-6-18-9-11(8-17-18)14(16)13-5-4-12(15)7-10(13)2/h4-5,7-9,14H,3,6,16H2,1-2H3. The van der Waals surface area contributed by atoms with Gasteiger partial charge in [0.05, 0.1) is 12.2 Å². The van der Waals surface area contributed by atoms with Gasteiger partial charge < -0.3 is 5.73 Å². The summed E-state index contributed by atoms with van der Waals surface area (Å²) >= 11 is 5.96. The molecule has 2 N–H and O–H groups in total. The van der Waals surface area contributed by atoms with Crippen LogP contribution >= 0.6 is 11.6 Å². The van der Waals surface area contributed by atoms with Crippen LogP contribution in [0, 0.1) is 6.92 Å². The van der Waals surface area contributed by atoms with E-state index in [0.717, 1.165) is 34.7 Å². The van der Waals surface area contributed by atoms with Crippen molar-refractivity contribution in [1.82, 2.24) is 9.78 Å². The molecule has 0 saturated heterocycles. The van der Waals surface area contributed by atoms with Crippen molar-refractivity contribution < 1.29 is 0 Å². The van der Waals surface area contributed by atoms with Gasteiger partial charge >= 0.3 is 0 Å². The van der Waals surface area contributed by atoms with Gasteiger partial charge in [-0.1, -0.05) is 24.6 Å². The van der Waals surface area contributed by atoms with Crippen LogP contribution in [0.5, 0.6) is 0 Å². The van der Waals surface area contributed by atoms with Crippen molar-refractivity contribution in [1.29, 1.82) is 0 Å². The minimum atomic E-state index is -0.145. The number of hydrogen-bond acceptors (Lipinski definition) is 2. The lowest BCUT2D eigenvalue weighted by Gasteiger charge is -2.13. The lowest BCUT2D eigenvalue weighted by atomic mass is 9.98. The van der Waals surface area contributed by atoms with E-state index in [-0.39, 0.29) is 6.04 Å². The van der Waals surface area contributed by atoms with Crippen molar-refractivity contribution >= 4 is 11.6 Å². The predicted molar refractivity (Wildman–Crippen MR) is 74.7 cm³/mol. The van der Waals surface area contributed by atoms with Gasteiger partial charge in [-0.3, -0.25) is 4.68 Å². The smallest absolute Gasteiger partial charge is 0.0585 e. The zero-order valence-corrected chi connectivity index (χ0v) is 11.5. The van der Waals surface area contributed by atoms with E-state index < -0.39 is 0 Å². The second-order valence-corrected chi connectivity index (χ2v) is 4.95. The zero-order valence-electron chi connectivity index (χ0n) is 10.7. The largest absolute Gasteiger partial charge is 0.320 e. The number of hydrogen-bond donors (Lipinski definition) is 1. The van der Waals surface area contributed by atoms with Gasteiger partial charge in [-0.2, -0.15) is 5.10 Å². The molecule has 0 saturated carbocycles. The van der Waals surface area contributed by atoms with Crippen LogP contribution in [0.3, 0.4) is 0 Å². The van der Waals surface area contributed by atoms with Crippen molar-refractivity contribution in [3.8, 4) is 0 Å². The molecule has 3 nitrogen and oxygen atoms in total. The Bertz CT molecular complexity index is 534. The molecule has 0 fully saturated rings. The lowest BCUT2D eigenvalue weighted by Crippen LogP contribution is -2.12. The number of rotatable bonds is 4. The fourth-order valence-electron chi connectivity index (χ4n) is 2.06. The third-order valence-corrected chi connectivity index (χ3v) is 3.27. The van der Waals surface area contributed by atoms with Crippen LogP contribution in [0.1, 0.15) is 36.1 Å². The molecule has 1 aromatic carbocycles. The molecule has 0 aliphatic rings. The summed E-state index contributed by atoms with van der Waals surface area (Å²) in [5, 5.41) is 5.05. The van der Waals surface area contributed by atoms with E-state index in [1.165, 1.54) is 0 Å². The van der Waals surface area contributed by atoms with Crippen LogP contribution in [0.2, 0.25) is 5.02 Å². The van der Waals surface area contributed by atoms with E-state index in [4.69, 9.17) is 17.3 Å². The molecule has 18 heavy (non-hydrogen) atoms. The summed E-state index contributed by atoms with van der Waals surface area (Å²) < 4.78 is 1.93. The van der Waals surface area contributed by atoms with Gasteiger partial charge in [0.15, 0.2) is 0 Å². The SMILES string of the molecule is CCCn1cc(C(N)c2ccc(Cl)cc2C)cn1. The molecule has 4 heteroatoms. The maximum Gasteiger partial charge on any atom is 0.0585 e. The van der Waals surface area contributed by atoms with E-state index in [9.17, 15) is 0 Å². The first-order valence-electron chi connectivity index (χ1n) is 6.15. The minimum Gasteiger partial charge on any atom is -0.320 e. The molecule has 96 valence electrons. The number of benzene rings is 1. The van der Waals surface area contributed by atoms with E-state index in [1.807, 2.05) is 42.2 Å². The molecule has 0 spiro atoms. The highest BCUT2D eigenvalue weighted by molar-refractivity contribution is 6.30. The van der Waals surface area contributed by atoms with Gasteiger partial charge in [-0.15, -0.1) is 0 Å². The molecular weight excluding hydrogens is 246 g/mol. The number of nitrogens with zero attached hydrogens (tertiary/aromatic N) is 2. The third kappa shape index (κ3) is 2.74. The van der Waals surface area contributed by atoms with Gasteiger partial charge in [0.1, 0.15) is 0 Å². The second kappa shape index (κ2) is 5.55. The van der Waals surface area contributed by atoms with Crippen molar-refractivity contribution in [3.05, 3.63) is 52.3 Å². The topological polar surface area (TPSA) is 43.8 Å². The number of aryl methyl sites for hydroxylation is 2. The van der Waals surface area contributed by atoms with Gasteiger partial charge in [0, 0.05) is 23.3 Å². The fourth-order valence-corrected chi connectivity index (χ4v) is 2.29. The molecule has 1 atom stereocenters. The number of aromatic nitrogens is 2. The highest BCUT2D eigenvalue weighted by Gasteiger charge is 2.13. The summed E-state index contributed by atoms with van der Waals surface area (Å²) in [5.74, 6) is 0. The molecule has 0 aliphatic heterocycles. The summed E-state index contributed by atoms with van der Waals surface area (Å²) in [6.45, 7) is 5.08. The molecule has 2 rings (SSSR count). The van der Waals surface area contributed by atoms with E-state index >= 15 is 0 Å². The van der Waals surface area contributed by atoms with Crippen molar-refractivity contribution in [2.75, 3.05) is 0 Å². The molecule has 0 amide bonds. The van der Waals surface area contributed by atoms with E-state index in [1.54, 1.807) is 0 Å². The molecule has 1 unspecified atom stereocenters. The Labute approximate surface area is 113 Å². The molecular formula is C14H18ClN3. The van der Waals surface area contributed by atoms with Crippen LogP contribution in [-0.2, 0) is 6.54 Å². The van der Waals surface area contributed by atoms with Crippen LogP contribution in [0.4, 0.5) is 0 Å². The maximum atomic E-state index is 6.28. The van der Waals surface area contributed by atoms with Crippen molar-refractivity contribution in [3.63, 3.8) is 0 Å². The first-order chi connectivity index (χ1) is 8.61. The Balaban J connectivity index is 2.26. The van der Waals surface area contributed by atoms with Crippen molar-refractivity contribution in [2.45, 2.75) is 32.9 Å². The summed E-state index contributed by atoms with van der Waals surface area (Å²) in [6.07, 6.45) is 4.92. The lowest BCUT2D eigenvalue weighted by molar-refractivity contribution is 0.602. The molecule has 1 heterocycles. The fraction of sp³-hybridized carbons (Fsp3) is 0.357. The van der Waals surface area contributed by atoms with E-state index in [2.05, 4.69) is 12.0 Å². The summed E-state index contributed by atoms with van der Waals surface area (Å²) in [5.41, 5.74) is 9.52. The zero-order chi connectivity index (χ0) is 13.1. The Morgan fingerprint density at radius 3 is 2.89 bits per heavy atom. The molecule has 1 aromatic heterocycles. The average molecular weight is 264 g/mol. The van der Waals surface area contributed by atoms with Gasteiger partial charge in [0.2, 0.25) is 0 Å². The predicted octanol–water partition coefficient (Wildman–Crippen LogP) is 3.30. The Hall–Kier alpha value is -1.32. The second-order valence-electron chi connectivity index (χ2n) is 4.52. The van der Waals surface area contributed by atoms with Crippen LogP contribution in [0.15, 0.2) is 30.6 Å². The van der Waals surface area contributed by atoms with Crippen LogP contribution in [0.25, 0.3) is 0 Å². The van der Waals surface area contributed by atoms with Gasteiger partial charge in [-0.25, -0.2) is 0 Å². The first kappa shape index (κ1) is 13.1. The normalized spacial score (nSPS) is 12.7. The number of halogens is 1. The Morgan fingerprint density at radius 2 is 2.22 bits per heavy atom. The minimum absolute atomic E-state index is 0.145. The quantitative estimate of drug-likeness (QED) is 0.920. The highest BCUT2D eigenvalue weighted by atomic mass is 35.5. The highest BCUT2D eigenvalue weighted by Crippen LogP contribution is 2.24. The summed E-state index contributed by atoms with van der Waals surface area (Å²) in [4.78, 5) is 0. The Kier molecular flexibility index (Phi) is 4.04. The molecule has 0 bridgehead atoms. The summed E-state index contributed by atoms with van der Waals surface area (Å²) in [6, 6.07) is 5.65. The number of nitrogens with two attached hydrogens (primary N) is 1. The maximum absolute atomic E-state index is 6.28. The van der Waals surface area contributed by atoms with Crippen LogP contribution < -0.4 is 5.73 Å².